The molecule has 0 saturated heterocycles. The molecule has 0 rings (SSSR count). The monoisotopic (exact) mass is 245 g/mol. The van der Waals surface area contributed by atoms with E-state index in [0.29, 0.717) is 6.54 Å². The molecule has 0 aliphatic carbocycles. The van der Waals surface area contributed by atoms with Gasteiger partial charge in [-0.1, -0.05) is 6.92 Å². The second-order valence-electron chi connectivity index (χ2n) is 3.61. The van der Waals surface area contributed by atoms with E-state index in [9.17, 15) is 8.42 Å². The predicted molar refractivity (Wildman–Crippen MR) is 60.7 cm³/mol. The third-order valence-electron chi connectivity index (χ3n) is 1.77. The lowest BCUT2D eigenvalue weighted by Gasteiger charge is -2.26. The van der Waals surface area contributed by atoms with Crippen LogP contribution in [-0.2, 0) is 10.2 Å². The molecule has 0 aliphatic heterocycles. The lowest BCUT2D eigenvalue weighted by Crippen LogP contribution is -2.52. The van der Waals surface area contributed by atoms with Crippen LogP contribution in [0.1, 0.15) is 20.8 Å². The Balaban J connectivity index is 0. The van der Waals surface area contributed by atoms with E-state index in [2.05, 4.69) is 4.72 Å². The summed E-state index contributed by atoms with van der Waals surface area (Å²) in [6.45, 7) is 5.97. The molecule has 3 N–H and O–H groups in total. The van der Waals surface area contributed by atoms with E-state index < -0.39 is 15.7 Å². The summed E-state index contributed by atoms with van der Waals surface area (Å²) in [5.74, 6) is 0. The molecular formula is C7H20ClN3O2S. The Morgan fingerprint density at radius 1 is 1.43 bits per heavy atom. The van der Waals surface area contributed by atoms with E-state index >= 15 is 0 Å². The van der Waals surface area contributed by atoms with Crippen molar-refractivity contribution >= 4 is 22.6 Å². The number of nitrogens with two attached hydrogens (primary N) is 1. The van der Waals surface area contributed by atoms with Gasteiger partial charge in [-0.05, 0) is 13.8 Å². The summed E-state index contributed by atoms with van der Waals surface area (Å²) in [6, 6.07) is 0. The molecule has 0 unspecified atom stereocenters. The summed E-state index contributed by atoms with van der Waals surface area (Å²) in [5.41, 5.74) is 4.81. The van der Waals surface area contributed by atoms with Gasteiger partial charge in [0.1, 0.15) is 0 Å². The van der Waals surface area contributed by atoms with Crippen LogP contribution in [0.4, 0.5) is 0 Å². The number of halogens is 1. The molecule has 0 bridgehead atoms. The highest BCUT2D eigenvalue weighted by Gasteiger charge is 2.25. The first kappa shape index (κ1) is 16.5. The van der Waals surface area contributed by atoms with Crippen molar-refractivity contribution in [3.8, 4) is 0 Å². The third-order valence-corrected chi connectivity index (χ3v) is 3.66. The molecule has 0 saturated carbocycles. The Labute approximate surface area is 92.6 Å². The van der Waals surface area contributed by atoms with Gasteiger partial charge in [0.2, 0.25) is 0 Å². The Kier molecular flexibility index (Phi) is 6.94. The van der Waals surface area contributed by atoms with Crippen LogP contribution in [0.2, 0.25) is 0 Å². The first-order chi connectivity index (χ1) is 5.75. The summed E-state index contributed by atoms with van der Waals surface area (Å²) in [7, 11) is -1.85. The number of rotatable bonds is 5. The molecule has 0 heterocycles. The van der Waals surface area contributed by atoms with Gasteiger partial charge in [0.05, 0.1) is 0 Å². The maximum atomic E-state index is 11.5. The van der Waals surface area contributed by atoms with E-state index in [4.69, 9.17) is 5.73 Å². The fraction of sp³-hybridized carbons (Fsp3) is 1.00. The lowest BCUT2D eigenvalue weighted by atomic mass is 10.1. The fourth-order valence-corrected chi connectivity index (χ4v) is 1.92. The lowest BCUT2D eigenvalue weighted by molar-refractivity contribution is 0.419. The standard InChI is InChI=1S/C7H19N3O2S.ClH/c1-5-10(4)13(11,12)9-7(2,3)6-8;/h9H,5-6,8H2,1-4H3;1H. The van der Waals surface area contributed by atoms with Gasteiger partial charge in [-0.25, -0.2) is 0 Å². The van der Waals surface area contributed by atoms with Gasteiger partial charge in [0.25, 0.3) is 10.2 Å². The van der Waals surface area contributed by atoms with Gasteiger partial charge >= 0.3 is 0 Å². The second kappa shape index (κ2) is 5.87. The average Bonchev–Trinajstić information content (AvgIpc) is 2.01. The fourth-order valence-electron chi connectivity index (χ4n) is 0.639. The zero-order valence-electron chi connectivity index (χ0n) is 9.07. The molecule has 5 nitrogen and oxygen atoms in total. The topological polar surface area (TPSA) is 75.4 Å². The van der Waals surface area contributed by atoms with Crippen LogP contribution in [-0.4, -0.2) is 38.4 Å². The van der Waals surface area contributed by atoms with Gasteiger partial charge in [-0.2, -0.15) is 17.4 Å². The Morgan fingerprint density at radius 3 is 2.14 bits per heavy atom. The molecule has 14 heavy (non-hydrogen) atoms. The molecule has 0 fully saturated rings. The average molecular weight is 246 g/mol. The Morgan fingerprint density at radius 2 is 1.86 bits per heavy atom. The van der Waals surface area contributed by atoms with Crippen LogP contribution >= 0.6 is 12.4 Å². The van der Waals surface area contributed by atoms with Crippen molar-refractivity contribution in [2.75, 3.05) is 20.1 Å². The third kappa shape index (κ3) is 5.11. The van der Waals surface area contributed by atoms with Crippen LogP contribution in [0.5, 0.6) is 0 Å². The van der Waals surface area contributed by atoms with Crippen molar-refractivity contribution in [3.63, 3.8) is 0 Å². The molecule has 0 aromatic heterocycles. The number of hydrogen-bond donors (Lipinski definition) is 2. The van der Waals surface area contributed by atoms with Crippen LogP contribution < -0.4 is 10.5 Å². The molecule has 0 aromatic carbocycles. The van der Waals surface area contributed by atoms with Gasteiger partial charge in [-0.3, -0.25) is 0 Å². The van der Waals surface area contributed by atoms with E-state index in [1.54, 1.807) is 20.8 Å². The van der Waals surface area contributed by atoms with Crippen LogP contribution in [0.3, 0.4) is 0 Å². The summed E-state index contributed by atoms with van der Waals surface area (Å²) < 4.78 is 26.7. The molecule has 7 heteroatoms. The highest BCUT2D eigenvalue weighted by molar-refractivity contribution is 7.87. The van der Waals surface area contributed by atoms with Crippen molar-refractivity contribution in [2.24, 2.45) is 5.73 Å². The molecule has 0 radical (unpaired) electrons. The highest BCUT2D eigenvalue weighted by Crippen LogP contribution is 2.03. The molecule has 0 spiro atoms. The first-order valence-electron chi connectivity index (χ1n) is 4.20. The van der Waals surface area contributed by atoms with Gasteiger partial charge in [0, 0.05) is 25.7 Å². The smallest absolute Gasteiger partial charge is 0.279 e. The molecule has 0 amide bonds. The molecule has 0 atom stereocenters. The molecular weight excluding hydrogens is 226 g/mol. The number of nitrogens with one attached hydrogen (secondary N) is 1. The minimum atomic E-state index is -3.38. The van der Waals surface area contributed by atoms with Crippen molar-refractivity contribution in [3.05, 3.63) is 0 Å². The van der Waals surface area contributed by atoms with Crippen LogP contribution in [0.15, 0.2) is 0 Å². The highest BCUT2D eigenvalue weighted by atomic mass is 35.5. The van der Waals surface area contributed by atoms with Crippen molar-refractivity contribution in [1.29, 1.82) is 0 Å². The summed E-state index contributed by atoms with van der Waals surface area (Å²) in [5, 5.41) is 0. The van der Waals surface area contributed by atoms with Gasteiger partial charge in [-0.15, -0.1) is 12.4 Å². The molecule has 88 valence electrons. The first-order valence-corrected chi connectivity index (χ1v) is 5.64. The Hall–Kier alpha value is 0.120. The largest absolute Gasteiger partial charge is 0.329 e. The number of hydrogen-bond acceptors (Lipinski definition) is 3. The predicted octanol–water partition coefficient (Wildman–Crippen LogP) is -0.0684. The quantitative estimate of drug-likeness (QED) is 0.712. The van der Waals surface area contributed by atoms with E-state index in [1.807, 2.05) is 0 Å². The Bertz CT molecular complexity index is 254. The summed E-state index contributed by atoms with van der Waals surface area (Å²) in [4.78, 5) is 0. The second-order valence-corrected chi connectivity index (χ2v) is 5.39. The maximum absolute atomic E-state index is 11.5. The van der Waals surface area contributed by atoms with Crippen LogP contribution in [0, 0.1) is 0 Å². The van der Waals surface area contributed by atoms with Gasteiger partial charge in [0.15, 0.2) is 0 Å². The van der Waals surface area contributed by atoms with E-state index in [0.717, 1.165) is 0 Å². The van der Waals surface area contributed by atoms with E-state index in [1.165, 1.54) is 11.4 Å². The van der Waals surface area contributed by atoms with E-state index in [-0.39, 0.29) is 19.0 Å². The molecule has 0 aromatic rings. The SMILES string of the molecule is CCN(C)S(=O)(=O)NC(C)(C)CN.Cl. The van der Waals surface area contributed by atoms with Crippen molar-refractivity contribution in [2.45, 2.75) is 26.3 Å². The minimum absolute atomic E-state index is 0. The normalized spacial score (nSPS) is 12.7. The summed E-state index contributed by atoms with van der Waals surface area (Å²) >= 11 is 0. The molecule has 0 aliphatic rings. The van der Waals surface area contributed by atoms with Gasteiger partial charge < -0.3 is 5.73 Å². The zero-order chi connectivity index (χ0) is 10.7. The maximum Gasteiger partial charge on any atom is 0.279 e. The minimum Gasteiger partial charge on any atom is -0.329 e. The van der Waals surface area contributed by atoms with Crippen molar-refractivity contribution in [1.82, 2.24) is 9.03 Å². The van der Waals surface area contributed by atoms with Crippen molar-refractivity contribution < 1.29 is 8.42 Å². The van der Waals surface area contributed by atoms with Crippen LogP contribution in [0.25, 0.3) is 0 Å². The summed E-state index contributed by atoms with van der Waals surface area (Å²) in [6.07, 6.45) is 0. The number of nitrogens with zero attached hydrogens (tertiary/aromatic N) is 1. The zero-order valence-corrected chi connectivity index (χ0v) is 10.7.